The maximum absolute atomic E-state index is 13.0. The molecule has 0 amide bonds. The van der Waals surface area contributed by atoms with Crippen LogP contribution in [0.4, 0.5) is 5.69 Å². The lowest BCUT2D eigenvalue weighted by molar-refractivity contribution is -0.386. The first-order valence-electron chi connectivity index (χ1n) is 9.53. The topological polar surface area (TPSA) is 109 Å². The van der Waals surface area contributed by atoms with Crippen molar-refractivity contribution in [3.63, 3.8) is 0 Å². The minimum absolute atomic E-state index is 0.0447. The van der Waals surface area contributed by atoms with Gasteiger partial charge in [-0.1, -0.05) is 22.9 Å². The van der Waals surface area contributed by atoms with Crippen molar-refractivity contribution in [2.75, 3.05) is 7.11 Å². The molecular weight excluding hydrogens is 468 g/mol. The second kappa shape index (κ2) is 9.25. The van der Waals surface area contributed by atoms with Crippen molar-refractivity contribution >= 4 is 38.7 Å². The third-order valence-corrected chi connectivity index (χ3v) is 4.83. The summed E-state index contributed by atoms with van der Waals surface area (Å²) in [5, 5.41) is 16.3. The summed E-state index contributed by atoms with van der Waals surface area (Å²) in [6, 6.07) is 8.15. The molecule has 0 fully saturated rings. The number of nitrogens with zero attached hydrogens (tertiary/aromatic N) is 4. The van der Waals surface area contributed by atoms with Gasteiger partial charge in [-0.25, -0.2) is 4.98 Å². The Balaban J connectivity index is 2.14. The number of fused-ring (bicyclic) bond motifs is 1. The molecule has 0 radical (unpaired) electrons. The summed E-state index contributed by atoms with van der Waals surface area (Å²) >= 11 is 3.36. The molecule has 3 aromatic rings. The van der Waals surface area contributed by atoms with Crippen LogP contribution in [0.5, 0.6) is 11.5 Å². The number of hydrogen-bond donors (Lipinski definition) is 0. The van der Waals surface area contributed by atoms with Gasteiger partial charge >= 0.3 is 5.69 Å². The lowest BCUT2D eigenvalue weighted by atomic mass is 10.2. The Morgan fingerprint density at radius 3 is 2.68 bits per heavy atom. The van der Waals surface area contributed by atoms with Gasteiger partial charge in [-0.2, -0.15) is 9.78 Å². The van der Waals surface area contributed by atoms with E-state index in [1.165, 1.54) is 24.1 Å². The predicted molar refractivity (Wildman–Crippen MR) is 121 cm³/mol. The summed E-state index contributed by atoms with van der Waals surface area (Å²) in [6.07, 6.45) is 1.56. The lowest BCUT2D eigenvalue weighted by Gasteiger charge is -2.14. The van der Waals surface area contributed by atoms with E-state index in [9.17, 15) is 14.9 Å². The van der Waals surface area contributed by atoms with E-state index in [2.05, 4.69) is 26.0 Å². The molecule has 0 saturated carbocycles. The summed E-state index contributed by atoms with van der Waals surface area (Å²) in [7, 11) is 1.40. The summed E-state index contributed by atoms with van der Waals surface area (Å²) in [6.45, 7) is 5.40. The highest BCUT2D eigenvalue weighted by molar-refractivity contribution is 9.10. The van der Waals surface area contributed by atoms with E-state index in [1.807, 2.05) is 13.0 Å². The Hall–Kier alpha value is -3.27. The summed E-state index contributed by atoms with van der Waals surface area (Å²) in [5.74, 6) is 0.716. The van der Waals surface area contributed by atoms with Crippen LogP contribution in [-0.4, -0.2) is 34.0 Å². The van der Waals surface area contributed by atoms with Gasteiger partial charge in [-0.05, 0) is 38.1 Å². The van der Waals surface area contributed by atoms with Gasteiger partial charge in [0.25, 0.3) is 5.56 Å². The smallest absolute Gasteiger partial charge is 0.315 e. The first-order chi connectivity index (χ1) is 14.7. The van der Waals surface area contributed by atoms with Gasteiger partial charge in [0.1, 0.15) is 5.82 Å². The zero-order chi connectivity index (χ0) is 22.7. The zero-order valence-electron chi connectivity index (χ0n) is 17.5. The Morgan fingerprint density at radius 2 is 2.06 bits per heavy atom. The summed E-state index contributed by atoms with van der Waals surface area (Å²) < 4.78 is 12.8. The van der Waals surface area contributed by atoms with Crippen LogP contribution in [0.25, 0.3) is 10.9 Å². The number of methoxy groups -OCH3 is 1. The molecule has 0 aliphatic rings. The van der Waals surface area contributed by atoms with E-state index in [4.69, 9.17) is 9.47 Å². The molecule has 2 aromatic carbocycles. The van der Waals surface area contributed by atoms with Gasteiger partial charge in [0.2, 0.25) is 5.75 Å². The molecule has 0 aliphatic carbocycles. The van der Waals surface area contributed by atoms with E-state index in [1.54, 1.807) is 32.0 Å². The van der Waals surface area contributed by atoms with Gasteiger partial charge in [-0.3, -0.25) is 14.9 Å². The van der Waals surface area contributed by atoms with Crippen LogP contribution in [0.1, 0.15) is 32.2 Å². The molecular formula is C21H21BrN4O5. The number of ether oxygens (including phenoxy) is 2. The van der Waals surface area contributed by atoms with Crippen LogP contribution in [0.2, 0.25) is 0 Å². The van der Waals surface area contributed by atoms with Gasteiger partial charge in [0.15, 0.2) is 5.75 Å². The van der Waals surface area contributed by atoms with Gasteiger partial charge in [0, 0.05) is 22.5 Å². The molecule has 3 rings (SSSR count). The molecule has 0 atom stereocenters. The molecule has 0 aliphatic heterocycles. The second-order valence-electron chi connectivity index (χ2n) is 6.90. The van der Waals surface area contributed by atoms with Crippen LogP contribution >= 0.6 is 15.9 Å². The van der Waals surface area contributed by atoms with Crippen molar-refractivity contribution in [1.82, 2.24) is 9.66 Å². The van der Waals surface area contributed by atoms with Crippen molar-refractivity contribution in [2.24, 2.45) is 5.10 Å². The Bertz CT molecular complexity index is 1240. The predicted octanol–water partition coefficient (Wildman–Crippen LogP) is 4.31. The minimum atomic E-state index is -0.545. The van der Waals surface area contributed by atoms with Gasteiger partial charge < -0.3 is 9.47 Å². The van der Waals surface area contributed by atoms with Gasteiger partial charge in [-0.15, -0.1) is 0 Å². The fourth-order valence-corrected chi connectivity index (χ4v) is 3.35. The molecule has 0 unspecified atom stereocenters. The van der Waals surface area contributed by atoms with Crippen molar-refractivity contribution in [3.8, 4) is 11.5 Å². The third-order valence-electron chi connectivity index (χ3n) is 4.34. The van der Waals surface area contributed by atoms with E-state index in [0.29, 0.717) is 28.7 Å². The van der Waals surface area contributed by atoms with Crippen LogP contribution in [0, 0.1) is 10.1 Å². The molecule has 10 heteroatoms. The van der Waals surface area contributed by atoms with E-state index >= 15 is 0 Å². The van der Waals surface area contributed by atoms with Crippen molar-refractivity contribution < 1.29 is 14.4 Å². The molecule has 1 aromatic heterocycles. The number of hydrogen-bond acceptors (Lipinski definition) is 7. The molecule has 162 valence electrons. The Labute approximate surface area is 186 Å². The lowest BCUT2D eigenvalue weighted by Crippen LogP contribution is -2.22. The highest BCUT2D eigenvalue weighted by Crippen LogP contribution is 2.38. The fourth-order valence-electron chi connectivity index (χ4n) is 2.99. The monoisotopic (exact) mass is 488 g/mol. The highest BCUT2D eigenvalue weighted by Gasteiger charge is 2.23. The fraction of sp³-hybridized carbons (Fsp3) is 0.286. The molecule has 31 heavy (non-hydrogen) atoms. The maximum atomic E-state index is 13.0. The SMILES string of the molecule is CCc1nc2ccc(Br)cc2c(=O)n1N=Cc1cc(OC)c(OC(C)C)c([N+](=O)[O-])c1. The molecule has 0 N–H and O–H groups in total. The minimum Gasteiger partial charge on any atom is -0.493 e. The van der Waals surface area contributed by atoms with Crippen LogP contribution in [-0.2, 0) is 6.42 Å². The van der Waals surface area contributed by atoms with Crippen molar-refractivity contribution in [1.29, 1.82) is 0 Å². The van der Waals surface area contributed by atoms with Crippen molar-refractivity contribution in [3.05, 3.63) is 66.7 Å². The average Bonchev–Trinajstić information content (AvgIpc) is 2.73. The number of nitro groups is 1. The van der Waals surface area contributed by atoms with E-state index in [-0.39, 0.29) is 28.8 Å². The Morgan fingerprint density at radius 1 is 1.32 bits per heavy atom. The van der Waals surface area contributed by atoms with Crippen LogP contribution in [0.3, 0.4) is 0 Å². The van der Waals surface area contributed by atoms with E-state index < -0.39 is 4.92 Å². The first-order valence-corrected chi connectivity index (χ1v) is 10.3. The molecule has 1 heterocycles. The summed E-state index contributed by atoms with van der Waals surface area (Å²) in [4.78, 5) is 28.5. The third kappa shape index (κ3) is 4.74. The number of halogens is 1. The zero-order valence-corrected chi connectivity index (χ0v) is 19.0. The number of nitro benzene ring substituents is 1. The standard InChI is InChI=1S/C21H21BrN4O5/c1-5-19-24-16-7-6-14(22)10-15(16)21(27)25(19)23-11-13-8-17(26(28)29)20(31-12(2)3)18(9-13)30-4/h6-12H,5H2,1-4H3. The average molecular weight is 489 g/mol. The molecule has 0 spiro atoms. The first kappa shape index (κ1) is 22.4. The largest absolute Gasteiger partial charge is 0.493 e. The van der Waals surface area contributed by atoms with Crippen molar-refractivity contribution in [2.45, 2.75) is 33.3 Å². The van der Waals surface area contributed by atoms with E-state index in [0.717, 1.165) is 4.47 Å². The molecule has 0 saturated heterocycles. The number of aryl methyl sites for hydroxylation is 1. The number of aromatic nitrogens is 2. The number of benzene rings is 2. The quantitative estimate of drug-likeness (QED) is 0.278. The maximum Gasteiger partial charge on any atom is 0.315 e. The van der Waals surface area contributed by atoms with Gasteiger partial charge in [0.05, 0.1) is 35.3 Å². The second-order valence-corrected chi connectivity index (χ2v) is 7.82. The highest BCUT2D eigenvalue weighted by atomic mass is 79.9. The van der Waals surface area contributed by atoms with Crippen LogP contribution in [0.15, 0.2) is 44.7 Å². The molecule has 9 nitrogen and oxygen atoms in total. The normalized spacial score (nSPS) is 11.4. The summed E-state index contributed by atoms with van der Waals surface area (Å²) in [5.41, 5.74) is 0.366. The molecule has 0 bridgehead atoms. The number of rotatable bonds is 7. The van der Waals surface area contributed by atoms with Crippen LogP contribution < -0.4 is 15.0 Å². The Kier molecular flexibility index (Phi) is 6.69.